The summed E-state index contributed by atoms with van der Waals surface area (Å²) in [4.78, 5) is 6.45. The molecule has 1 heterocycles. The van der Waals surface area contributed by atoms with Crippen molar-refractivity contribution < 1.29 is 0 Å². The quantitative estimate of drug-likeness (QED) is 0.538. The van der Waals surface area contributed by atoms with Crippen LogP contribution in [0, 0.1) is 0 Å². The van der Waals surface area contributed by atoms with Gasteiger partial charge in [0.15, 0.2) is 0 Å². The van der Waals surface area contributed by atoms with Gasteiger partial charge in [0.1, 0.15) is 0 Å². The first-order chi connectivity index (χ1) is 4.75. The van der Waals surface area contributed by atoms with Gasteiger partial charge in [0, 0.05) is 25.2 Å². The predicted octanol–water partition coefficient (Wildman–Crippen LogP) is 1.64. The summed E-state index contributed by atoms with van der Waals surface area (Å²) in [6, 6.07) is 0.481. The third kappa shape index (κ3) is 1.20. The lowest BCUT2D eigenvalue weighted by Gasteiger charge is -2.26. The molecule has 0 amide bonds. The molecule has 0 aromatic carbocycles. The van der Waals surface area contributed by atoms with Crippen LogP contribution >= 0.6 is 0 Å². The van der Waals surface area contributed by atoms with Crippen molar-refractivity contribution in [1.29, 1.82) is 0 Å². The van der Waals surface area contributed by atoms with Gasteiger partial charge in [-0.05, 0) is 13.3 Å². The van der Waals surface area contributed by atoms with Crippen molar-refractivity contribution in [2.24, 2.45) is 4.99 Å². The van der Waals surface area contributed by atoms with Gasteiger partial charge in [-0.1, -0.05) is 6.92 Å². The van der Waals surface area contributed by atoms with Gasteiger partial charge < -0.3 is 4.90 Å². The lowest BCUT2D eigenvalue weighted by molar-refractivity contribution is 0.417. The zero-order valence-electron chi connectivity index (χ0n) is 6.83. The van der Waals surface area contributed by atoms with Crippen LogP contribution in [0.3, 0.4) is 0 Å². The number of rotatable bonds is 1. The molecular formula is C8H14N2. The van der Waals surface area contributed by atoms with Crippen LogP contribution in [0.1, 0.15) is 20.3 Å². The Bertz CT molecular complexity index is 170. The van der Waals surface area contributed by atoms with Gasteiger partial charge in [-0.25, -0.2) is 0 Å². The smallest absolute Gasteiger partial charge is 0.0638 e. The molecule has 0 radical (unpaired) electrons. The van der Waals surface area contributed by atoms with Crippen LogP contribution in [-0.2, 0) is 0 Å². The molecule has 0 aliphatic carbocycles. The van der Waals surface area contributed by atoms with Crippen molar-refractivity contribution in [3.8, 4) is 0 Å². The summed E-state index contributed by atoms with van der Waals surface area (Å²) in [6.07, 6.45) is 4.92. The maximum Gasteiger partial charge on any atom is 0.0638 e. The van der Waals surface area contributed by atoms with Crippen LogP contribution in [0.2, 0.25) is 0 Å². The Hall–Kier alpha value is -0.790. The summed E-state index contributed by atoms with van der Waals surface area (Å²) in [5.74, 6) is 0. The second kappa shape index (κ2) is 2.86. The Morgan fingerprint density at radius 3 is 2.90 bits per heavy atom. The van der Waals surface area contributed by atoms with Gasteiger partial charge in [-0.15, -0.1) is 0 Å². The lowest BCUT2D eigenvalue weighted by Crippen LogP contribution is -2.33. The Morgan fingerprint density at radius 1 is 1.70 bits per heavy atom. The van der Waals surface area contributed by atoms with Gasteiger partial charge in [-0.2, -0.15) is 0 Å². The van der Waals surface area contributed by atoms with E-state index in [1.54, 1.807) is 0 Å². The van der Waals surface area contributed by atoms with Crippen molar-refractivity contribution in [2.75, 3.05) is 7.05 Å². The van der Waals surface area contributed by atoms with E-state index in [1.165, 1.54) is 5.71 Å². The fourth-order valence-electron chi connectivity index (χ4n) is 1.09. The third-order valence-electron chi connectivity index (χ3n) is 2.00. The van der Waals surface area contributed by atoms with Crippen molar-refractivity contribution in [3.05, 3.63) is 12.4 Å². The Kier molecular flexibility index (Phi) is 2.10. The van der Waals surface area contributed by atoms with Gasteiger partial charge in [0.2, 0.25) is 0 Å². The molecule has 0 aromatic heterocycles. The summed E-state index contributed by atoms with van der Waals surface area (Å²) in [5, 5.41) is 0. The maximum atomic E-state index is 4.27. The molecule has 56 valence electrons. The number of hydrogen-bond acceptors (Lipinski definition) is 2. The van der Waals surface area contributed by atoms with Crippen LogP contribution in [0.5, 0.6) is 0 Å². The van der Waals surface area contributed by atoms with Crippen molar-refractivity contribution in [1.82, 2.24) is 4.90 Å². The van der Waals surface area contributed by atoms with E-state index in [0.717, 1.165) is 6.42 Å². The molecule has 1 unspecified atom stereocenters. The maximum absolute atomic E-state index is 4.27. The van der Waals surface area contributed by atoms with E-state index in [0.29, 0.717) is 6.04 Å². The van der Waals surface area contributed by atoms with Crippen molar-refractivity contribution in [2.45, 2.75) is 26.3 Å². The molecule has 2 nitrogen and oxygen atoms in total. The highest BCUT2D eigenvalue weighted by Gasteiger charge is 2.13. The van der Waals surface area contributed by atoms with E-state index in [2.05, 4.69) is 30.8 Å². The second-order valence-corrected chi connectivity index (χ2v) is 2.61. The van der Waals surface area contributed by atoms with E-state index in [1.807, 2.05) is 12.4 Å². The zero-order valence-corrected chi connectivity index (χ0v) is 6.83. The highest BCUT2D eigenvalue weighted by Crippen LogP contribution is 2.07. The molecule has 0 fully saturated rings. The topological polar surface area (TPSA) is 15.6 Å². The summed E-state index contributed by atoms with van der Waals surface area (Å²) in [6.45, 7) is 4.31. The number of hydrogen-bond donors (Lipinski definition) is 0. The first-order valence-electron chi connectivity index (χ1n) is 3.71. The minimum atomic E-state index is 0.481. The third-order valence-corrected chi connectivity index (χ3v) is 2.00. The summed E-state index contributed by atoms with van der Waals surface area (Å²) in [5.41, 5.74) is 1.27. The van der Waals surface area contributed by atoms with E-state index >= 15 is 0 Å². The molecule has 0 aromatic rings. The molecule has 1 rings (SSSR count). The molecule has 0 saturated heterocycles. The van der Waals surface area contributed by atoms with Gasteiger partial charge in [0.25, 0.3) is 0 Å². The molecule has 10 heavy (non-hydrogen) atoms. The van der Waals surface area contributed by atoms with Crippen molar-refractivity contribution in [3.63, 3.8) is 0 Å². The van der Waals surface area contributed by atoms with E-state index in [-0.39, 0.29) is 0 Å². The van der Waals surface area contributed by atoms with Crippen LogP contribution in [-0.4, -0.2) is 23.7 Å². The second-order valence-electron chi connectivity index (χ2n) is 2.61. The monoisotopic (exact) mass is 138 g/mol. The molecule has 0 N–H and O–H groups in total. The van der Waals surface area contributed by atoms with Crippen molar-refractivity contribution >= 4 is 5.71 Å². The Labute approximate surface area is 62.3 Å². The summed E-state index contributed by atoms with van der Waals surface area (Å²) in [7, 11) is 2.07. The number of nitrogens with zero attached hydrogens (tertiary/aromatic N) is 2. The van der Waals surface area contributed by atoms with Gasteiger partial charge in [0.05, 0.1) is 6.04 Å². The Balaban J connectivity index is 2.71. The van der Waals surface area contributed by atoms with Gasteiger partial charge >= 0.3 is 0 Å². The average molecular weight is 138 g/mol. The standard InChI is InChI=1S/C8H14N2/c1-4-8-7(2)10(3)6-5-9-8/h5-7H,4H2,1-3H3. The first-order valence-corrected chi connectivity index (χ1v) is 3.71. The first kappa shape index (κ1) is 7.32. The summed E-state index contributed by atoms with van der Waals surface area (Å²) >= 11 is 0. The molecular weight excluding hydrogens is 124 g/mol. The molecule has 0 bridgehead atoms. The number of aliphatic imine (C=N–C) groups is 1. The lowest BCUT2D eigenvalue weighted by atomic mass is 10.1. The molecule has 2 heteroatoms. The molecule has 1 aliphatic heterocycles. The molecule has 0 spiro atoms. The minimum absolute atomic E-state index is 0.481. The van der Waals surface area contributed by atoms with E-state index in [4.69, 9.17) is 0 Å². The van der Waals surface area contributed by atoms with E-state index in [9.17, 15) is 0 Å². The van der Waals surface area contributed by atoms with Crippen LogP contribution in [0.25, 0.3) is 0 Å². The Morgan fingerprint density at radius 2 is 2.40 bits per heavy atom. The normalized spacial score (nSPS) is 24.9. The highest BCUT2D eigenvalue weighted by atomic mass is 15.1. The fourth-order valence-corrected chi connectivity index (χ4v) is 1.09. The minimum Gasteiger partial charge on any atom is -0.371 e. The summed E-state index contributed by atoms with van der Waals surface area (Å²) < 4.78 is 0. The predicted molar refractivity (Wildman–Crippen MR) is 44.1 cm³/mol. The fraction of sp³-hybridized carbons (Fsp3) is 0.625. The van der Waals surface area contributed by atoms with Gasteiger partial charge in [-0.3, -0.25) is 4.99 Å². The van der Waals surface area contributed by atoms with Crippen LogP contribution in [0.15, 0.2) is 17.4 Å². The van der Waals surface area contributed by atoms with Crippen LogP contribution in [0.4, 0.5) is 0 Å². The molecule has 1 atom stereocenters. The largest absolute Gasteiger partial charge is 0.371 e. The average Bonchev–Trinajstić information content (AvgIpc) is 1.95. The molecule has 0 saturated carbocycles. The zero-order chi connectivity index (χ0) is 7.56. The highest BCUT2D eigenvalue weighted by molar-refractivity contribution is 5.90. The molecule has 1 aliphatic rings. The van der Waals surface area contributed by atoms with Crippen LogP contribution < -0.4 is 0 Å². The van der Waals surface area contributed by atoms with E-state index < -0.39 is 0 Å². The SMILES string of the molecule is CCC1=NC=CN(C)C1C.